The van der Waals surface area contributed by atoms with Crippen LogP contribution in [0.5, 0.6) is 11.5 Å². The van der Waals surface area contributed by atoms with Crippen molar-refractivity contribution < 1.29 is 14.3 Å². The third kappa shape index (κ3) is 4.28. The normalized spacial score (nSPS) is 15.5. The number of amides is 1. The van der Waals surface area contributed by atoms with Gasteiger partial charge in [-0.15, -0.1) is 12.4 Å². The number of para-hydroxylation sites is 2. The number of hydrogen-bond acceptors (Lipinski definition) is 4. The molecule has 1 saturated heterocycles. The van der Waals surface area contributed by atoms with E-state index < -0.39 is 0 Å². The van der Waals surface area contributed by atoms with Crippen molar-refractivity contribution in [2.24, 2.45) is 5.92 Å². The Hall–Kier alpha value is -1.46. The minimum absolute atomic E-state index is 0. The third-order valence-corrected chi connectivity index (χ3v) is 3.11. The quantitative estimate of drug-likeness (QED) is 0.829. The predicted molar refractivity (Wildman–Crippen MR) is 79.7 cm³/mol. The summed E-state index contributed by atoms with van der Waals surface area (Å²) < 4.78 is 11.0. The van der Waals surface area contributed by atoms with Crippen LogP contribution in [0.3, 0.4) is 0 Å². The molecule has 0 bridgehead atoms. The van der Waals surface area contributed by atoms with Crippen LogP contribution in [0, 0.1) is 5.92 Å². The van der Waals surface area contributed by atoms with Gasteiger partial charge in [-0.25, -0.2) is 0 Å². The molecule has 112 valence electrons. The molecule has 20 heavy (non-hydrogen) atoms. The van der Waals surface area contributed by atoms with Gasteiger partial charge in [-0.3, -0.25) is 4.79 Å². The minimum Gasteiger partial charge on any atom is -0.493 e. The lowest BCUT2D eigenvalue weighted by atomic mass is 10.0. The van der Waals surface area contributed by atoms with Crippen LogP contribution in [0.1, 0.15) is 6.92 Å². The summed E-state index contributed by atoms with van der Waals surface area (Å²) in [7, 11) is 1.61. The number of benzene rings is 1. The summed E-state index contributed by atoms with van der Waals surface area (Å²) in [4.78, 5) is 11.7. The molecule has 1 fully saturated rings. The SMILES string of the molecule is COc1ccccc1OC(C)CNC(=O)C1CNC1.Cl. The van der Waals surface area contributed by atoms with Gasteiger partial charge >= 0.3 is 0 Å². The molecule has 2 N–H and O–H groups in total. The highest BCUT2D eigenvalue weighted by Gasteiger charge is 2.24. The van der Waals surface area contributed by atoms with Gasteiger partial charge in [0.25, 0.3) is 0 Å². The van der Waals surface area contributed by atoms with Crippen molar-refractivity contribution in [3.05, 3.63) is 24.3 Å². The number of ether oxygens (including phenoxy) is 2. The molecule has 1 heterocycles. The average Bonchev–Trinajstić information content (AvgIpc) is 2.35. The number of halogens is 1. The molecule has 1 aliphatic rings. The molecule has 0 saturated carbocycles. The van der Waals surface area contributed by atoms with E-state index in [2.05, 4.69) is 10.6 Å². The molecule has 0 spiro atoms. The van der Waals surface area contributed by atoms with E-state index in [0.717, 1.165) is 13.1 Å². The Morgan fingerprint density at radius 3 is 2.60 bits per heavy atom. The minimum atomic E-state index is -0.103. The van der Waals surface area contributed by atoms with Crippen LogP contribution in [0.15, 0.2) is 24.3 Å². The fourth-order valence-electron chi connectivity index (χ4n) is 1.84. The van der Waals surface area contributed by atoms with Gasteiger partial charge in [0.05, 0.1) is 19.6 Å². The summed E-state index contributed by atoms with van der Waals surface area (Å²) in [5, 5.41) is 5.97. The summed E-state index contributed by atoms with van der Waals surface area (Å²) in [6.45, 7) is 3.96. The van der Waals surface area contributed by atoms with Gasteiger partial charge in [0.1, 0.15) is 6.10 Å². The van der Waals surface area contributed by atoms with Crippen LogP contribution >= 0.6 is 12.4 Å². The maximum Gasteiger partial charge on any atom is 0.225 e. The molecule has 0 radical (unpaired) electrons. The second kappa shape index (κ2) is 7.97. The van der Waals surface area contributed by atoms with Gasteiger partial charge < -0.3 is 20.1 Å². The van der Waals surface area contributed by atoms with Crippen LogP contribution in [0.25, 0.3) is 0 Å². The fourth-order valence-corrected chi connectivity index (χ4v) is 1.84. The summed E-state index contributed by atoms with van der Waals surface area (Å²) in [6.07, 6.45) is -0.103. The molecule has 6 heteroatoms. The van der Waals surface area contributed by atoms with Crippen molar-refractivity contribution in [3.8, 4) is 11.5 Å². The molecule has 1 aliphatic heterocycles. The summed E-state index contributed by atoms with van der Waals surface area (Å²) in [6, 6.07) is 7.48. The van der Waals surface area contributed by atoms with Crippen molar-refractivity contribution >= 4 is 18.3 Å². The monoisotopic (exact) mass is 300 g/mol. The van der Waals surface area contributed by atoms with Crippen LogP contribution in [-0.2, 0) is 4.79 Å². The van der Waals surface area contributed by atoms with E-state index in [0.29, 0.717) is 18.0 Å². The van der Waals surface area contributed by atoms with E-state index in [-0.39, 0.29) is 30.3 Å². The number of rotatable bonds is 6. The first-order chi connectivity index (χ1) is 9.20. The first kappa shape index (κ1) is 16.6. The van der Waals surface area contributed by atoms with Gasteiger partial charge in [0, 0.05) is 13.1 Å². The van der Waals surface area contributed by atoms with E-state index in [1.807, 2.05) is 31.2 Å². The second-order valence-corrected chi connectivity index (χ2v) is 4.68. The Morgan fingerprint density at radius 1 is 1.40 bits per heavy atom. The highest BCUT2D eigenvalue weighted by molar-refractivity contribution is 5.85. The zero-order valence-corrected chi connectivity index (χ0v) is 12.5. The van der Waals surface area contributed by atoms with Crippen LogP contribution in [0.4, 0.5) is 0 Å². The van der Waals surface area contributed by atoms with Crippen molar-refractivity contribution in [1.29, 1.82) is 0 Å². The average molecular weight is 301 g/mol. The third-order valence-electron chi connectivity index (χ3n) is 3.11. The highest BCUT2D eigenvalue weighted by Crippen LogP contribution is 2.26. The fraction of sp³-hybridized carbons (Fsp3) is 0.500. The molecule has 1 aromatic carbocycles. The lowest BCUT2D eigenvalue weighted by Gasteiger charge is -2.26. The van der Waals surface area contributed by atoms with Crippen LogP contribution in [-0.4, -0.2) is 38.8 Å². The van der Waals surface area contributed by atoms with E-state index in [4.69, 9.17) is 9.47 Å². The van der Waals surface area contributed by atoms with Crippen LogP contribution < -0.4 is 20.1 Å². The number of hydrogen-bond donors (Lipinski definition) is 2. The van der Waals surface area contributed by atoms with Crippen molar-refractivity contribution in [2.45, 2.75) is 13.0 Å². The molecular formula is C14H21ClN2O3. The lowest BCUT2D eigenvalue weighted by molar-refractivity contribution is -0.126. The highest BCUT2D eigenvalue weighted by atomic mass is 35.5. The number of methoxy groups -OCH3 is 1. The number of carbonyl (C=O) groups excluding carboxylic acids is 1. The van der Waals surface area contributed by atoms with Crippen molar-refractivity contribution in [3.63, 3.8) is 0 Å². The van der Waals surface area contributed by atoms with Gasteiger partial charge in [0.15, 0.2) is 11.5 Å². The van der Waals surface area contributed by atoms with Gasteiger partial charge in [-0.05, 0) is 19.1 Å². The van der Waals surface area contributed by atoms with E-state index in [1.165, 1.54) is 0 Å². The molecular weight excluding hydrogens is 280 g/mol. The molecule has 1 unspecified atom stereocenters. The van der Waals surface area contributed by atoms with Gasteiger partial charge in [0.2, 0.25) is 5.91 Å². The molecule has 5 nitrogen and oxygen atoms in total. The standard InChI is InChI=1S/C14H20N2O3.ClH/c1-10(7-16-14(17)11-8-15-9-11)19-13-6-4-3-5-12(13)18-2;/h3-6,10-11,15H,7-9H2,1-2H3,(H,16,17);1H. The Kier molecular flexibility index (Phi) is 6.61. The van der Waals surface area contributed by atoms with E-state index in [1.54, 1.807) is 7.11 Å². The van der Waals surface area contributed by atoms with Crippen LogP contribution in [0.2, 0.25) is 0 Å². The van der Waals surface area contributed by atoms with E-state index >= 15 is 0 Å². The maximum absolute atomic E-state index is 11.7. The number of carbonyl (C=O) groups is 1. The first-order valence-electron chi connectivity index (χ1n) is 6.49. The Morgan fingerprint density at radius 2 is 2.05 bits per heavy atom. The number of nitrogens with one attached hydrogen (secondary N) is 2. The first-order valence-corrected chi connectivity index (χ1v) is 6.49. The summed E-state index contributed by atoms with van der Waals surface area (Å²) in [5.74, 6) is 1.59. The second-order valence-electron chi connectivity index (χ2n) is 4.68. The smallest absolute Gasteiger partial charge is 0.225 e. The molecule has 0 aromatic heterocycles. The maximum atomic E-state index is 11.7. The zero-order valence-electron chi connectivity index (χ0n) is 11.7. The van der Waals surface area contributed by atoms with Crippen molar-refractivity contribution in [1.82, 2.24) is 10.6 Å². The largest absolute Gasteiger partial charge is 0.493 e. The molecule has 1 atom stereocenters. The van der Waals surface area contributed by atoms with Crippen molar-refractivity contribution in [2.75, 3.05) is 26.7 Å². The molecule has 2 rings (SSSR count). The lowest BCUT2D eigenvalue weighted by Crippen LogP contribution is -2.51. The Bertz CT molecular complexity index is 438. The molecule has 0 aliphatic carbocycles. The zero-order chi connectivity index (χ0) is 13.7. The Balaban J connectivity index is 0.00000200. The van der Waals surface area contributed by atoms with E-state index in [9.17, 15) is 4.79 Å². The Labute approximate surface area is 125 Å². The molecule has 1 amide bonds. The molecule has 1 aromatic rings. The summed E-state index contributed by atoms with van der Waals surface area (Å²) in [5.41, 5.74) is 0. The van der Waals surface area contributed by atoms with Gasteiger partial charge in [-0.2, -0.15) is 0 Å². The predicted octanol–water partition coefficient (Wildman–Crippen LogP) is 1.22. The van der Waals surface area contributed by atoms with Gasteiger partial charge in [-0.1, -0.05) is 12.1 Å². The topological polar surface area (TPSA) is 59.6 Å². The summed E-state index contributed by atoms with van der Waals surface area (Å²) >= 11 is 0.